The number of hydrogen-bond donors (Lipinski definition) is 1. The molecule has 238 valence electrons. The number of ether oxygens (including phenoxy) is 2. The molecular weight excluding hydrogens is 538 g/mol. The standard InChI is InChI=1S/C28H60NO4S.CH4O3S/c1-6-7-8-9-10-11-12-13-14-15-16-17-18-19-20-21-24-33-26-28(32-5)27-34(30,31)25-22-23-29(2,3)4;1-5(2,3)4/h28H,6-27H2,1-5H3;1H3,(H,2,3,4)/q+1;. The second-order valence-electron chi connectivity index (χ2n) is 12.0. The Labute approximate surface area is 242 Å². The Kier molecular flexibility index (Phi) is 26.7. The third kappa shape index (κ3) is 39.9. The number of hydrogen-bond acceptors (Lipinski definition) is 6. The van der Waals surface area contributed by atoms with Gasteiger partial charge in [-0.05, 0) is 6.42 Å². The van der Waals surface area contributed by atoms with E-state index in [1.807, 2.05) is 0 Å². The minimum Gasteiger partial charge on any atom is -0.379 e. The monoisotopic (exact) mass is 602 g/mol. The Bertz CT molecular complexity index is 727. The van der Waals surface area contributed by atoms with Crippen molar-refractivity contribution >= 4 is 20.0 Å². The highest BCUT2D eigenvalue weighted by Gasteiger charge is 2.20. The second-order valence-corrected chi connectivity index (χ2v) is 15.6. The van der Waals surface area contributed by atoms with Crippen LogP contribution < -0.4 is 0 Å². The van der Waals surface area contributed by atoms with Crippen LogP contribution in [0.3, 0.4) is 0 Å². The lowest BCUT2D eigenvalue weighted by atomic mass is 10.0. The molecule has 0 amide bonds. The van der Waals surface area contributed by atoms with E-state index in [1.54, 1.807) is 7.11 Å². The van der Waals surface area contributed by atoms with Gasteiger partial charge in [-0.2, -0.15) is 8.42 Å². The molecule has 1 atom stereocenters. The molecule has 0 aliphatic heterocycles. The van der Waals surface area contributed by atoms with Crippen molar-refractivity contribution in [2.45, 2.75) is 122 Å². The summed E-state index contributed by atoms with van der Waals surface area (Å²) < 4.78 is 62.4. The summed E-state index contributed by atoms with van der Waals surface area (Å²) in [4.78, 5) is 0. The molecule has 39 heavy (non-hydrogen) atoms. The first kappa shape index (κ1) is 40.9. The van der Waals surface area contributed by atoms with E-state index in [-0.39, 0.29) is 17.6 Å². The molecule has 0 aliphatic rings. The Balaban J connectivity index is 0. The molecule has 0 aromatic carbocycles. The first-order valence-electron chi connectivity index (χ1n) is 15.2. The normalized spacial score (nSPS) is 13.2. The highest BCUT2D eigenvalue weighted by Crippen LogP contribution is 2.14. The van der Waals surface area contributed by atoms with Gasteiger partial charge in [0.2, 0.25) is 0 Å². The van der Waals surface area contributed by atoms with Gasteiger partial charge in [-0.1, -0.05) is 103 Å². The van der Waals surface area contributed by atoms with Crippen LogP contribution >= 0.6 is 0 Å². The van der Waals surface area contributed by atoms with E-state index >= 15 is 0 Å². The van der Waals surface area contributed by atoms with Crippen molar-refractivity contribution < 1.29 is 35.3 Å². The number of rotatable bonds is 26. The van der Waals surface area contributed by atoms with Crippen molar-refractivity contribution in [2.24, 2.45) is 0 Å². The van der Waals surface area contributed by atoms with Crippen molar-refractivity contribution in [3.63, 3.8) is 0 Å². The van der Waals surface area contributed by atoms with Gasteiger partial charge in [-0.15, -0.1) is 0 Å². The van der Waals surface area contributed by atoms with Crippen molar-refractivity contribution in [1.82, 2.24) is 0 Å². The highest BCUT2D eigenvalue weighted by molar-refractivity contribution is 7.91. The predicted molar refractivity (Wildman–Crippen MR) is 165 cm³/mol. The number of unbranched alkanes of at least 4 members (excludes halogenated alkanes) is 15. The fourth-order valence-corrected chi connectivity index (χ4v) is 5.81. The van der Waals surface area contributed by atoms with Gasteiger partial charge in [0.25, 0.3) is 10.1 Å². The molecule has 8 nitrogen and oxygen atoms in total. The lowest BCUT2D eigenvalue weighted by molar-refractivity contribution is -0.870. The average Bonchev–Trinajstić information content (AvgIpc) is 2.80. The quantitative estimate of drug-likeness (QED) is 0.0704. The van der Waals surface area contributed by atoms with Gasteiger partial charge in [0.15, 0.2) is 9.84 Å². The van der Waals surface area contributed by atoms with Crippen LogP contribution in [-0.2, 0) is 29.4 Å². The summed E-state index contributed by atoms with van der Waals surface area (Å²) in [6, 6.07) is 0. The van der Waals surface area contributed by atoms with Gasteiger partial charge in [-0.3, -0.25) is 4.55 Å². The van der Waals surface area contributed by atoms with Gasteiger partial charge in [-0.25, -0.2) is 8.42 Å². The summed E-state index contributed by atoms with van der Waals surface area (Å²) in [5, 5.41) is 0. The third-order valence-electron chi connectivity index (χ3n) is 6.50. The van der Waals surface area contributed by atoms with Gasteiger partial charge < -0.3 is 14.0 Å². The number of quaternary nitrogens is 1. The SMILES string of the molecule is CCCCCCCCCCCCCCCCCCOCC(CS(=O)(=O)CCC[N+](C)(C)C)OC.CS(=O)(=O)O. The number of sulfone groups is 1. The zero-order valence-corrected chi connectivity index (χ0v) is 27.9. The fourth-order valence-electron chi connectivity index (χ4n) is 4.28. The largest absolute Gasteiger partial charge is 0.379 e. The van der Waals surface area contributed by atoms with Crippen molar-refractivity contribution in [3.05, 3.63) is 0 Å². The molecule has 0 aliphatic carbocycles. The molecule has 10 heteroatoms. The molecule has 0 rings (SSSR count). The maximum Gasteiger partial charge on any atom is 0.261 e. The molecular formula is C29H64NO7S2+. The Morgan fingerprint density at radius 1 is 0.692 bits per heavy atom. The van der Waals surface area contributed by atoms with Gasteiger partial charge in [0, 0.05) is 20.1 Å². The van der Waals surface area contributed by atoms with Gasteiger partial charge >= 0.3 is 0 Å². The summed E-state index contributed by atoms with van der Waals surface area (Å²) in [6.45, 7) is 4.19. The summed E-state index contributed by atoms with van der Waals surface area (Å²) in [5.74, 6) is 0.279. The van der Waals surface area contributed by atoms with Crippen LogP contribution in [-0.4, -0.2) is 97.7 Å². The molecule has 0 aromatic rings. The molecule has 1 N–H and O–H groups in total. The minimum absolute atomic E-state index is 0.0552. The zero-order valence-electron chi connectivity index (χ0n) is 26.3. The van der Waals surface area contributed by atoms with Crippen LogP contribution in [0, 0.1) is 0 Å². The molecule has 0 bridgehead atoms. The Hall–Kier alpha value is -0.260. The summed E-state index contributed by atoms with van der Waals surface area (Å²) in [7, 11) is 1.04. The van der Waals surface area contributed by atoms with E-state index in [0.29, 0.717) is 25.9 Å². The smallest absolute Gasteiger partial charge is 0.261 e. The molecule has 0 fully saturated rings. The Morgan fingerprint density at radius 2 is 1.08 bits per heavy atom. The highest BCUT2D eigenvalue weighted by atomic mass is 32.2. The minimum atomic E-state index is -3.67. The molecule has 0 heterocycles. The number of nitrogens with zero attached hydrogens (tertiary/aromatic N) is 1. The topological polar surface area (TPSA) is 107 Å². The first-order valence-corrected chi connectivity index (χ1v) is 18.9. The van der Waals surface area contributed by atoms with Crippen LogP contribution in [0.25, 0.3) is 0 Å². The van der Waals surface area contributed by atoms with Gasteiger partial charge in [0.05, 0.1) is 58.2 Å². The van der Waals surface area contributed by atoms with Crippen molar-refractivity contribution in [3.8, 4) is 0 Å². The molecule has 1 unspecified atom stereocenters. The Morgan fingerprint density at radius 3 is 1.44 bits per heavy atom. The summed E-state index contributed by atoms with van der Waals surface area (Å²) in [5.41, 5.74) is 0. The first-order chi connectivity index (χ1) is 18.2. The van der Waals surface area contributed by atoms with Crippen LogP contribution in [0.15, 0.2) is 0 Å². The van der Waals surface area contributed by atoms with E-state index in [4.69, 9.17) is 14.0 Å². The summed E-state index contributed by atoms with van der Waals surface area (Å²) >= 11 is 0. The maximum atomic E-state index is 12.3. The van der Waals surface area contributed by atoms with Crippen LogP contribution in [0.5, 0.6) is 0 Å². The van der Waals surface area contributed by atoms with E-state index in [1.165, 1.54) is 96.3 Å². The van der Waals surface area contributed by atoms with Crippen molar-refractivity contribution in [1.29, 1.82) is 0 Å². The number of methoxy groups -OCH3 is 1. The lowest BCUT2D eigenvalue weighted by Crippen LogP contribution is -2.37. The molecule has 0 spiro atoms. The third-order valence-corrected chi connectivity index (χ3v) is 8.29. The molecule has 0 aromatic heterocycles. The van der Waals surface area contributed by atoms with Crippen molar-refractivity contribution in [2.75, 3.05) is 65.8 Å². The average molecular weight is 603 g/mol. The molecule has 0 saturated carbocycles. The van der Waals surface area contributed by atoms with Crippen LogP contribution in [0.1, 0.15) is 116 Å². The van der Waals surface area contributed by atoms with E-state index in [2.05, 4.69) is 28.1 Å². The lowest BCUT2D eigenvalue weighted by Gasteiger charge is -2.23. The maximum absolute atomic E-state index is 12.3. The van der Waals surface area contributed by atoms with E-state index in [0.717, 1.165) is 17.4 Å². The van der Waals surface area contributed by atoms with Gasteiger partial charge in [0.1, 0.15) is 0 Å². The van der Waals surface area contributed by atoms with Crippen LogP contribution in [0.4, 0.5) is 0 Å². The van der Waals surface area contributed by atoms with E-state index < -0.39 is 20.0 Å². The fraction of sp³-hybridized carbons (Fsp3) is 1.00. The molecule has 0 saturated heterocycles. The zero-order chi connectivity index (χ0) is 30.0. The second kappa shape index (κ2) is 25.5. The summed E-state index contributed by atoms with van der Waals surface area (Å²) in [6.07, 6.45) is 22.8. The van der Waals surface area contributed by atoms with E-state index in [9.17, 15) is 16.8 Å². The predicted octanol–water partition coefficient (Wildman–Crippen LogP) is 6.29. The van der Waals surface area contributed by atoms with Crippen LogP contribution in [0.2, 0.25) is 0 Å². The molecule has 0 radical (unpaired) electrons.